The first-order valence-corrected chi connectivity index (χ1v) is 25.0. The van der Waals surface area contributed by atoms with Crippen molar-refractivity contribution in [3.8, 4) is 57.5 Å². The Morgan fingerprint density at radius 3 is 1.08 bits per heavy atom. The summed E-state index contributed by atoms with van der Waals surface area (Å²) >= 11 is 0. The minimum atomic E-state index is -0.671. The molecule has 0 amide bonds. The molecular weight excluding hydrogens is 937 g/mol. The minimum Gasteiger partial charge on any atom is -0.493 e. The Morgan fingerprint density at radius 2 is 0.781 bits per heavy atom. The van der Waals surface area contributed by atoms with E-state index in [0.717, 1.165) is 50.1 Å². The van der Waals surface area contributed by atoms with Crippen LogP contribution in [0, 0.1) is 5.41 Å². The van der Waals surface area contributed by atoms with Gasteiger partial charge in [-0.3, -0.25) is 9.59 Å². The number of methoxy groups -OCH3 is 10. The van der Waals surface area contributed by atoms with E-state index in [9.17, 15) is 9.59 Å². The second kappa shape index (κ2) is 24.6. The van der Waals surface area contributed by atoms with E-state index in [-0.39, 0.29) is 50.1 Å². The predicted octanol–water partition coefficient (Wildman–Crippen LogP) is 8.72. The van der Waals surface area contributed by atoms with Crippen molar-refractivity contribution in [1.29, 1.82) is 0 Å². The number of ether oxygens (including phenoxy) is 12. The third kappa shape index (κ3) is 12.9. The Balaban J connectivity index is 1.05. The van der Waals surface area contributed by atoms with Gasteiger partial charge in [0.25, 0.3) is 0 Å². The van der Waals surface area contributed by atoms with Crippen LogP contribution in [0.5, 0.6) is 57.5 Å². The molecule has 2 heterocycles. The molecule has 2 aliphatic rings. The smallest absolute Gasteiger partial charge is 0.306 e. The number of esters is 2. The van der Waals surface area contributed by atoms with Crippen LogP contribution in [0.15, 0.2) is 48.5 Å². The fourth-order valence-electron chi connectivity index (χ4n) is 11.0. The van der Waals surface area contributed by atoms with Crippen molar-refractivity contribution in [2.24, 2.45) is 5.41 Å². The zero-order valence-electron chi connectivity index (χ0n) is 45.8. The number of hydrogen-bond donors (Lipinski definition) is 0. The Bertz CT molecular complexity index is 2320. The fourth-order valence-corrected chi connectivity index (χ4v) is 11.0. The molecule has 0 saturated heterocycles. The average molecular weight is 1020 g/mol. The molecule has 0 bridgehead atoms. The summed E-state index contributed by atoms with van der Waals surface area (Å²) in [7, 11) is 20.8. The molecule has 6 rings (SSSR count). The second-order valence-corrected chi connectivity index (χ2v) is 20.3. The van der Waals surface area contributed by atoms with Crippen molar-refractivity contribution in [1.82, 2.24) is 0 Å². The van der Waals surface area contributed by atoms with Gasteiger partial charge in [-0.15, -0.1) is 0 Å². The highest BCUT2D eigenvalue weighted by molar-refractivity contribution is 5.74. The normalized spacial score (nSPS) is 19.1. The van der Waals surface area contributed by atoms with E-state index in [4.69, 9.17) is 56.8 Å². The molecule has 2 unspecified atom stereocenters. The van der Waals surface area contributed by atoms with Crippen molar-refractivity contribution in [2.45, 2.75) is 77.3 Å². The summed E-state index contributed by atoms with van der Waals surface area (Å²) in [6, 6.07) is 16.4. The molecule has 0 spiro atoms. The number of carbonyl (C=O) groups is 2. The number of benzene rings is 4. The Labute approximate surface area is 432 Å². The fraction of sp³-hybridized carbons (Fsp3) is 0.544. The van der Waals surface area contributed by atoms with E-state index in [0.29, 0.717) is 92.1 Å². The van der Waals surface area contributed by atoms with Crippen molar-refractivity contribution in [3.63, 3.8) is 0 Å². The first kappa shape index (κ1) is 56.0. The number of quaternary nitrogens is 2. The van der Waals surface area contributed by atoms with Crippen molar-refractivity contribution in [3.05, 3.63) is 81.9 Å². The highest BCUT2D eigenvalue weighted by Gasteiger charge is 2.42. The van der Waals surface area contributed by atoms with E-state index in [2.05, 4.69) is 38.4 Å². The summed E-state index contributed by atoms with van der Waals surface area (Å²) in [6.07, 6.45) is 4.50. The van der Waals surface area contributed by atoms with Gasteiger partial charge in [-0.2, -0.15) is 0 Å². The minimum absolute atomic E-state index is 0.0250. The summed E-state index contributed by atoms with van der Waals surface area (Å²) in [4.78, 5) is 26.7. The molecule has 16 nitrogen and oxygen atoms in total. The molecule has 0 aromatic heterocycles. The number of likely N-dealkylation sites (N-methyl/N-ethyl adjacent to an activating group) is 2. The van der Waals surface area contributed by atoms with E-state index >= 15 is 0 Å². The molecular formula is C57H80N2O14+2. The average Bonchev–Trinajstić information content (AvgIpc) is 3.38. The number of rotatable bonds is 26. The number of carbonyl (C=O) groups excluding carboxylic acids is 2. The van der Waals surface area contributed by atoms with Gasteiger partial charge in [-0.1, -0.05) is 13.8 Å². The lowest BCUT2D eigenvalue weighted by Crippen LogP contribution is -2.52. The molecule has 2 aliphatic heterocycles. The maximum absolute atomic E-state index is 13.4. The highest BCUT2D eigenvalue weighted by atomic mass is 16.6. The summed E-state index contributed by atoms with van der Waals surface area (Å²) < 4.78 is 70.2. The summed E-state index contributed by atoms with van der Waals surface area (Å²) in [5.74, 6) is 5.52. The van der Waals surface area contributed by atoms with Gasteiger partial charge in [-0.25, -0.2) is 0 Å². The van der Waals surface area contributed by atoms with Crippen LogP contribution in [0.1, 0.15) is 85.0 Å². The zero-order chi connectivity index (χ0) is 53.1. The van der Waals surface area contributed by atoms with Crippen LogP contribution in [0.4, 0.5) is 0 Å². The molecule has 4 atom stereocenters. The van der Waals surface area contributed by atoms with Gasteiger partial charge in [-0.05, 0) is 76.2 Å². The first-order chi connectivity index (χ1) is 35.0. The third-order valence-corrected chi connectivity index (χ3v) is 15.0. The van der Waals surface area contributed by atoms with E-state index in [1.54, 1.807) is 71.1 Å². The first-order valence-electron chi connectivity index (χ1n) is 25.0. The van der Waals surface area contributed by atoms with Gasteiger partial charge < -0.3 is 65.8 Å². The number of fused-ring (bicyclic) bond motifs is 2. The van der Waals surface area contributed by atoms with E-state index in [1.807, 2.05) is 38.1 Å². The van der Waals surface area contributed by atoms with Gasteiger partial charge in [0.1, 0.15) is 12.1 Å². The molecule has 0 fully saturated rings. The highest BCUT2D eigenvalue weighted by Crippen LogP contribution is 2.47. The Morgan fingerprint density at radius 1 is 0.466 bits per heavy atom. The van der Waals surface area contributed by atoms with Gasteiger partial charge >= 0.3 is 11.9 Å². The van der Waals surface area contributed by atoms with E-state index < -0.39 is 5.41 Å². The lowest BCUT2D eigenvalue weighted by Gasteiger charge is -2.46. The largest absolute Gasteiger partial charge is 0.493 e. The molecule has 0 saturated carbocycles. The summed E-state index contributed by atoms with van der Waals surface area (Å²) in [5, 5.41) is 0. The number of hydrogen-bond acceptors (Lipinski definition) is 14. The van der Waals surface area contributed by atoms with Crippen LogP contribution in [0.25, 0.3) is 0 Å². The molecule has 400 valence electrons. The molecule has 0 N–H and O–H groups in total. The quantitative estimate of drug-likeness (QED) is 0.0336. The van der Waals surface area contributed by atoms with Gasteiger partial charge in [0.05, 0.1) is 137 Å². The summed E-state index contributed by atoms with van der Waals surface area (Å²) in [5.41, 5.74) is 6.17. The van der Waals surface area contributed by atoms with Crippen LogP contribution < -0.4 is 47.4 Å². The Kier molecular flexibility index (Phi) is 18.9. The zero-order valence-corrected chi connectivity index (χ0v) is 45.8. The summed E-state index contributed by atoms with van der Waals surface area (Å²) in [6.45, 7) is 7.56. The van der Waals surface area contributed by atoms with Gasteiger partial charge in [0, 0.05) is 49.7 Å². The van der Waals surface area contributed by atoms with Crippen LogP contribution in [-0.2, 0) is 44.7 Å². The molecule has 16 heteroatoms. The third-order valence-electron chi connectivity index (χ3n) is 15.0. The lowest BCUT2D eigenvalue weighted by molar-refractivity contribution is -0.941. The lowest BCUT2D eigenvalue weighted by atomic mass is 9.85. The second-order valence-electron chi connectivity index (χ2n) is 20.3. The predicted molar refractivity (Wildman–Crippen MR) is 278 cm³/mol. The monoisotopic (exact) mass is 1020 g/mol. The van der Waals surface area contributed by atoms with Crippen molar-refractivity contribution in [2.75, 3.05) is 125 Å². The van der Waals surface area contributed by atoms with Gasteiger partial charge in [0.2, 0.25) is 11.5 Å². The molecule has 0 radical (unpaired) electrons. The van der Waals surface area contributed by atoms with Crippen LogP contribution in [-0.4, -0.2) is 145 Å². The van der Waals surface area contributed by atoms with E-state index in [1.165, 1.54) is 22.3 Å². The molecule has 4 aromatic rings. The van der Waals surface area contributed by atoms with Crippen LogP contribution >= 0.6 is 0 Å². The standard InChI is InChI=1S/C57H80N2O14/c1-57(2,35-53(60)72-23-15-19-58(3)21-17-39-31-45(62-5)47(64-7)33-41(39)43(58)25-37-27-49(66-9)55(70-13)50(28-37)67-10)36-54(61)73-24-16-20-59(4)22-18-40-32-46(63-6)48(65-8)34-42(40)44(59)26-38-29-51(68-11)56(71-14)52(30-38)69-12/h27-34,43-44H,15-26,35-36H2,1-14H3/q+2/t43-,44-,58?,59?/m1/s1. The van der Waals surface area contributed by atoms with Crippen LogP contribution in [0.2, 0.25) is 0 Å². The number of nitrogens with zero attached hydrogens (tertiary/aromatic N) is 2. The van der Waals surface area contributed by atoms with Gasteiger partial charge in [0.15, 0.2) is 46.0 Å². The van der Waals surface area contributed by atoms with Crippen LogP contribution in [0.3, 0.4) is 0 Å². The SMILES string of the molecule is COc1cc2c(cc1OC)[C@@H](Cc1cc(OC)c(OC)c(OC)c1)[N+](C)(CCCOC(=O)CC(C)(C)CC(=O)OCCC[N+]1(C)CCc3cc(OC)c(OC)cc3[C@H]1Cc1cc(OC)c(OC)c(OC)c1)CC2. The molecule has 0 aliphatic carbocycles. The maximum Gasteiger partial charge on any atom is 0.306 e. The Hall–Kier alpha value is -6.26. The molecule has 4 aromatic carbocycles. The molecule has 73 heavy (non-hydrogen) atoms. The van der Waals surface area contributed by atoms with Crippen molar-refractivity contribution >= 4 is 11.9 Å². The topological polar surface area (TPSA) is 145 Å². The maximum atomic E-state index is 13.4. The van der Waals surface area contributed by atoms with Crippen molar-refractivity contribution < 1.29 is 75.4 Å².